The average Bonchev–Trinajstić information content (AvgIpc) is 2.46. The van der Waals surface area contributed by atoms with Crippen LogP contribution in [0.1, 0.15) is 6.42 Å². The van der Waals surface area contributed by atoms with E-state index in [0.717, 1.165) is 43.0 Å². The van der Waals surface area contributed by atoms with Crippen molar-refractivity contribution in [3.8, 4) is 0 Å². The highest BCUT2D eigenvalue weighted by molar-refractivity contribution is 9.10. The zero-order valence-corrected chi connectivity index (χ0v) is 12.6. The van der Waals surface area contributed by atoms with Gasteiger partial charge in [-0.15, -0.1) is 0 Å². The van der Waals surface area contributed by atoms with Gasteiger partial charge in [0.2, 0.25) is 0 Å². The monoisotopic (exact) mass is 327 g/mol. The van der Waals surface area contributed by atoms with E-state index in [-0.39, 0.29) is 5.97 Å². The topological polar surface area (TPSA) is 45.7 Å². The van der Waals surface area contributed by atoms with E-state index in [1.165, 1.54) is 7.11 Å². The number of carbonyl (C=O) groups excluding carboxylic acids is 1. The third-order valence-corrected chi connectivity index (χ3v) is 3.89. The van der Waals surface area contributed by atoms with E-state index in [1.807, 2.05) is 18.3 Å². The number of nitrogens with zero attached hydrogens (tertiary/aromatic N) is 3. The first-order valence-corrected chi connectivity index (χ1v) is 7.14. The van der Waals surface area contributed by atoms with Gasteiger partial charge in [-0.25, -0.2) is 4.98 Å². The van der Waals surface area contributed by atoms with E-state index in [9.17, 15) is 4.79 Å². The van der Waals surface area contributed by atoms with Crippen LogP contribution < -0.4 is 4.90 Å². The van der Waals surface area contributed by atoms with Gasteiger partial charge in [-0.1, -0.05) is 0 Å². The van der Waals surface area contributed by atoms with Gasteiger partial charge in [-0.3, -0.25) is 9.69 Å². The van der Waals surface area contributed by atoms with Gasteiger partial charge in [0.05, 0.1) is 18.0 Å². The van der Waals surface area contributed by atoms with E-state index >= 15 is 0 Å². The lowest BCUT2D eigenvalue weighted by Gasteiger charge is -2.35. The zero-order valence-electron chi connectivity index (χ0n) is 11.0. The lowest BCUT2D eigenvalue weighted by Crippen LogP contribution is -2.47. The third kappa shape index (κ3) is 3.91. The number of carbonyl (C=O) groups is 1. The van der Waals surface area contributed by atoms with Crippen LogP contribution in [0.25, 0.3) is 0 Å². The molecule has 0 saturated carbocycles. The molecule has 1 aromatic rings. The van der Waals surface area contributed by atoms with E-state index in [4.69, 9.17) is 0 Å². The number of hydrogen-bond donors (Lipinski definition) is 0. The van der Waals surface area contributed by atoms with Crippen LogP contribution in [0.4, 0.5) is 5.82 Å². The molecule has 6 heteroatoms. The fraction of sp³-hybridized carbons (Fsp3) is 0.538. The molecule has 0 aliphatic carbocycles. The van der Waals surface area contributed by atoms with Crippen molar-refractivity contribution in [1.29, 1.82) is 0 Å². The van der Waals surface area contributed by atoms with Crippen LogP contribution in [-0.2, 0) is 9.53 Å². The smallest absolute Gasteiger partial charge is 0.306 e. The van der Waals surface area contributed by atoms with Crippen LogP contribution in [0.5, 0.6) is 0 Å². The molecule has 1 fully saturated rings. The van der Waals surface area contributed by atoms with Crippen molar-refractivity contribution in [2.75, 3.05) is 44.7 Å². The standard InChI is InChI=1S/C13H18BrN3O2/c1-19-12(18)4-6-16-7-9-17(10-8-16)13-11(14)3-2-5-15-13/h2-3,5H,4,6-10H2,1H3. The van der Waals surface area contributed by atoms with Crippen LogP contribution in [0.2, 0.25) is 0 Å². The Morgan fingerprint density at radius 1 is 1.42 bits per heavy atom. The van der Waals surface area contributed by atoms with E-state index in [2.05, 4.69) is 35.5 Å². The zero-order chi connectivity index (χ0) is 13.7. The van der Waals surface area contributed by atoms with Crippen LogP contribution in [0, 0.1) is 0 Å². The van der Waals surface area contributed by atoms with E-state index < -0.39 is 0 Å². The molecule has 1 aliphatic heterocycles. The summed E-state index contributed by atoms with van der Waals surface area (Å²) in [6.07, 6.45) is 2.27. The normalized spacial score (nSPS) is 16.4. The molecule has 5 nitrogen and oxygen atoms in total. The number of hydrogen-bond acceptors (Lipinski definition) is 5. The van der Waals surface area contributed by atoms with Crippen molar-refractivity contribution in [1.82, 2.24) is 9.88 Å². The van der Waals surface area contributed by atoms with Crippen molar-refractivity contribution in [3.05, 3.63) is 22.8 Å². The minimum atomic E-state index is -0.144. The van der Waals surface area contributed by atoms with Gasteiger partial charge in [0.25, 0.3) is 0 Å². The molecule has 0 amide bonds. The highest BCUT2D eigenvalue weighted by atomic mass is 79.9. The van der Waals surface area contributed by atoms with Gasteiger partial charge in [-0.05, 0) is 28.1 Å². The summed E-state index contributed by atoms with van der Waals surface area (Å²) in [6, 6.07) is 3.92. The van der Waals surface area contributed by atoms with Crippen LogP contribution in [-0.4, -0.2) is 55.7 Å². The molecule has 0 bridgehead atoms. The Labute approximate surface area is 121 Å². The molecule has 0 atom stereocenters. The van der Waals surface area contributed by atoms with Crippen LogP contribution in [0.3, 0.4) is 0 Å². The van der Waals surface area contributed by atoms with Gasteiger partial charge in [0, 0.05) is 38.9 Å². The molecule has 1 saturated heterocycles. The highest BCUT2D eigenvalue weighted by Crippen LogP contribution is 2.23. The second-order valence-electron chi connectivity index (χ2n) is 4.46. The summed E-state index contributed by atoms with van der Waals surface area (Å²) in [4.78, 5) is 20.1. The summed E-state index contributed by atoms with van der Waals surface area (Å²) in [5, 5.41) is 0. The molecule has 1 aliphatic rings. The van der Waals surface area contributed by atoms with Crippen molar-refractivity contribution in [2.24, 2.45) is 0 Å². The van der Waals surface area contributed by atoms with Crippen molar-refractivity contribution >= 4 is 27.7 Å². The number of esters is 1. The summed E-state index contributed by atoms with van der Waals surface area (Å²) >= 11 is 3.53. The summed E-state index contributed by atoms with van der Waals surface area (Å²) in [6.45, 7) is 4.51. The number of ether oxygens (including phenoxy) is 1. The van der Waals surface area contributed by atoms with Gasteiger partial charge >= 0.3 is 5.97 Å². The first-order chi connectivity index (χ1) is 9.20. The lowest BCUT2D eigenvalue weighted by atomic mass is 10.3. The summed E-state index contributed by atoms with van der Waals surface area (Å²) < 4.78 is 5.68. The number of rotatable bonds is 4. The molecule has 0 radical (unpaired) electrons. The molecule has 2 rings (SSSR count). The average molecular weight is 328 g/mol. The number of piperazine rings is 1. The molecule has 0 unspecified atom stereocenters. The Kier molecular flexibility index (Phi) is 5.15. The Hall–Kier alpha value is -1.14. The van der Waals surface area contributed by atoms with Gasteiger partial charge < -0.3 is 9.64 Å². The largest absolute Gasteiger partial charge is 0.469 e. The molecular weight excluding hydrogens is 310 g/mol. The number of halogens is 1. The molecular formula is C13H18BrN3O2. The molecule has 104 valence electrons. The second-order valence-corrected chi connectivity index (χ2v) is 5.32. The van der Waals surface area contributed by atoms with Crippen molar-refractivity contribution in [3.63, 3.8) is 0 Å². The fourth-order valence-electron chi connectivity index (χ4n) is 2.14. The summed E-state index contributed by atoms with van der Waals surface area (Å²) in [7, 11) is 1.43. The Bertz CT molecular complexity index is 434. The fourth-order valence-corrected chi connectivity index (χ4v) is 2.65. The SMILES string of the molecule is COC(=O)CCN1CCN(c2ncccc2Br)CC1. The number of anilines is 1. The van der Waals surface area contributed by atoms with E-state index in [0.29, 0.717) is 6.42 Å². The maximum Gasteiger partial charge on any atom is 0.306 e. The van der Waals surface area contributed by atoms with Crippen LogP contribution >= 0.6 is 15.9 Å². The van der Waals surface area contributed by atoms with Gasteiger partial charge in [0.1, 0.15) is 5.82 Å². The molecule has 19 heavy (non-hydrogen) atoms. The van der Waals surface area contributed by atoms with Gasteiger partial charge in [-0.2, -0.15) is 0 Å². The molecule has 0 N–H and O–H groups in total. The third-order valence-electron chi connectivity index (χ3n) is 3.27. The van der Waals surface area contributed by atoms with E-state index in [1.54, 1.807) is 0 Å². The maximum absolute atomic E-state index is 11.1. The maximum atomic E-state index is 11.1. The Morgan fingerprint density at radius 3 is 2.79 bits per heavy atom. The lowest BCUT2D eigenvalue weighted by molar-refractivity contribution is -0.141. The van der Waals surface area contributed by atoms with Crippen LogP contribution in [0.15, 0.2) is 22.8 Å². The van der Waals surface area contributed by atoms with Gasteiger partial charge in [0.15, 0.2) is 0 Å². The predicted octanol–water partition coefficient (Wildman–Crippen LogP) is 1.53. The molecule has 2 heterocycles. The molecule has 0 aromatic carbocycles. The summed E-state index contributed by atoms with van der Waals surface area (Å²) in [5.74, 6) is 0.852. The minimum absolute atomic E-state index is 0.144. The first-order valence-electron chi connectivity index (χ1n) is 6.35. The predicted molar refractivity (Wildman–Crippen MR) is 77.2 cm³/mol. The Balaban J connectivity index is 1.83. The summed E-state index contributed by atoms with van der Waals surface area (Å²) in [5.41, 5.74) is 0. The quantitative estimate of drug-likeness (QED) is 0.785. The highest BCUT2D eigenvalue weighted by Gasteiger charge is 2.19. The number of methoxy groups -OCH3 is 1. The number of aromatic nitrogens is 1. The number of pyridine rings is 1. The minimum Gasteiger partial charge on any atom is -0.469 e. The van der Waals surface area contributed by atoms with Crippen molar-refractivity contribution < 1.29 is 9.53 Å². The molecule has 1 aromatic heterocycles. The first kappa shape index (κ1) is 14.3. The molecule has 0 spiro atoms. The Morgan fingerprint density at radius 2 is 2.16 bits per heavy atom. The second kappa shape index (κ2) is 6.86. The van der Waals surface area contributed by atoms with Crippen molar-refractivity contribution in [2.45, 2.75) is 6.42 Å².